The van der Waals surface area contributed by atoms with Gasteiger partial charge in [-0.05, 0) is 56.0 Å². The topological polar surface area (TPSA) is 30.5 Å². The maximum absolute atomic E-state index is 5.78. The Morgan fingerprint density at radius 3 is 2.26 bits per heavy atom. The zero-order valence-corrected chi connectivity index (χ0v) is 14.8. The van der Waals surface area contributed by atoms with Gasteiger partial charge >= 0.3 is 0 Å². The highest BCUT2D eigenvalue weighted by molar-refractivity contribution is 5.58. The van der Waals surface area contributed by atoms with Crippen LogP contribution in [-0.2, 0) is 6.54 Å². The van der Waals surface area contributed by atoms with Gasteiger partial charge < -0.3 is 14.8 Å². The number of methoxy groups -OCH3 is 1. The van der Waals surface area contributed by atoms with E-state index in [1.165, 1.54) is 27.9 Å². The summed E-state index contributed by atoms with van der Waals surface area (Å²) in [5, 5.41) is 3.55. The summed E-state index contributed by atoms with van der Waals surface area (Å²) >= 11 is 0. The summed E-state index contributed by atoms with van der Waals surface area (Å²) in [7, 11) is 1.67. The maximum Gasteiger partial charge on any atom is 0.161 e. The van der Waals surface area contributed by atoms with Crippen LogP contribution < -0.4 is 14.8 Å². The molecule has 0 aliphatic carbocycles. The van der Waals surface area contributed by atoms with Gasteiger partial charge in [-0.15, -0.1) is 0 Å². The van der Waals surface area contributed by atoms with Gasteiger partial charge in [0.1, 0.15) is 0 Å². The molecular formula is C20H27NO2. The second-order valence-electron chi connectivity index (χ2n) is 5.96. The molecule has 3 heteroatoms. The number of hydrogen-bond acceptors (Lipinski definition) is 3. The van der Waals surface area contributed by atoms with Crippen molar-refractivity contribution >= 4 is 5.69 Å². The van der Waals surface area contributed by atoms with Crippen LogP contribution >= 0.6 is 0 Å². The summed E-state index contributed by atoms with van der Waals surface area (Å²) in [6, 6.07) is 10.5. The van der Waals surface area contributed by atoms with Gasteiger partial charge in [-0.25, -0.2) is 0 Å². The lowest BCUT2D eigenvalue weighted by atomic mass is 10.0. The number of rotatable bonds is 7. The predicted molar refractivity (Wildman–Crippen MR) is 96.8 cm³/mol. The largest absolute Gasteiger partial charge is 0.493 e. The summed E-state index contributed by atoms with van der Waals surface area (Å²) in [6.45, 7) is 9.98. The van der Waals surface area contributed by atoms with E-state index >= 15 is 0 Å². The van der Waals surface area contributed by atoms with E-state index in [4.69, 9.17) is 9.47 Å². The van der Waals surface area contributed by atoms with Crippen LogP contribution in [0.25, 0.3) is 0 Å². The Labute approximate surface area is 139 Å². The van der Waals surface area contributed by atoms with Gasteiger partial charge in [-0.2, -0.15) is 0 Å². The van der Waals surface area contributed by atoms with Gasteiger partial charge in [0.25, 0.3) is 0 Å². The first kappa shape index (κ1) is 17.2. The molecule has 0 aliphatic heterocycles. The molecular weight excluding hydrogens is 286 g/mol. The monoisotopic (exact) mass is 313 g/mol. The molecule has 23 heavy (non-hydrogen) atoms. The highest BCUT2D eigenvalue weighted by atomic mass is 16.5. The highest BCUT2D eigenvalue weighted by Gasteiger charge is 2.07. The molecule has 0 spiro atoms. The fourth-order valence-electron chi connectivity index (χ4n) is 2.81. The summed E-state index contributed by atoms with van der Waals surface area (Å²) in [4.78, 5) is 0. The van der Waals surface area contributed by atoms with Gasteiger partial charge in [-0.1, -0.05) is 30.7 Å². The van der Waals surface area contributed by atoms with E-state index in [1.807, 2.05) is 6.07 Å². The van der Waals surface area contributed by atoms with Crippen LogP contribution in [0.1, 0.15) is 35.6 Å². The van der Waals surface area contributed by atoms with Crippen molar-refractivity contribution in [2.75, 3.05) is 19.0 Å². The van der Waals surface area contributed by atoms with Crippen molar-refractivity contribution < 1.29 is 9.47 Å². The van der Waals surface area contributed by atoms with Crippen LogP contribution in [0.5, 0.6) is 11.5 Å². The Morgan fingerprint density at radius 2 is 1.65 bits per heavy atom. The molecule has 124 valence electrons. The summed E-state index contributed by atoms with van der Waals surface area (Å²) in [6.07, 6.45) is 0.980. The van der Waals surface area contributed by atoms with Crippen molar-refractivity contribution in [3.05, 3.63) is 52.6 Å². The minimum atomic E-state index is 0.698. The Kier molecular flexibility index (Phi) is 5.91. The average Bonchev–Trinajstić information content (AvgIpc) is 2.52. The first-order valence-electron chi connectivity index (χ1n) is 8.16. The van der Waals surface area contributed by atoms with Crippen molar-refractivity contribution in [2.24, 2.45) is 0 Å². The van der Waals surface area contributed by atoms with E-state index in [2.05, 4.69) is 57.3 Å². The number of ether oxygens (including phenoxy) is 2. The third-order valence-electron chi connectivity index (χ3n) is 3.84. The first-order valence-corrected chi connectivity index (χ1v) is 8.16. The fourth-order valence-corrected chi connectivity index (χ4v) is 2.81. The zero-order chi connectivity index (χ0) is 16.8. The first-order chi connectivity index (χ1) is 11.0. The van der Waals surface area contributed by atoms with E-state index in [1.54, 1.807) is 7.11 Å². The van der Waals surface area contributed by atoms with Gasteiger partial charge in [0.15, 0.2) is 11.5 Å². The van der Waals surface area contributed by atoms with Crippen molar-refractivity contribution in [2.45, 2.75) is 40.7 Å². The zero-order valence-electron chi connectivity index (χ0n) is 14.8. The number of anilines is 1. The lowest BCUT2D eigenvalue weighted by molar-refractivity contribution is 0.294. The van der Waals surface area contributed by atoms with Crippen molar-refractivity contribution in [3.8, 4) is 11.5 Å². The molecule has 2 aromatic rings. The Morgan fingerprint density at radius 1 is 0.957 bits per heavy atom. The fraction of sp³-hybridized carbons (Fsp3) is 0.400. The molecule has 2 aromatic carbocycles. The lowest BCUT2D eigenvalue weighted by Crippen LogP contribution is -2.04. The molecule has 0 aliphatic rings. The number of aryl methyl sites for hydroxylation is 3. The number of nitrogens with one attached hydrogen (secondary N) is 1. The number of hydrogen-bond donors (Lipinski definition) is 1. The molecule has 0 atom stereocenters. The molecule has 0 aromatic heterocycles. The van der Waals surface area contributed by atoms with E-state index in [-0.39, 0.29) is 0 Å². The van der Waals surface area contributed by atoms with Gasteiger partial charge in [0.2, 0.25) is 0 Å². The average molecular weight is 313 g/mol. The van der Waals surface area contributed by atoms with Gasteiger partial charge in [-0.3, -0.25) is 0 Å². The van der Waals surface area contributed by atoms with Gasteiger partial charge in [0, 0.05) is 12.2 Å². The third kappa shape index (κ3) is 4.41. The minimum Gasteiger partial charge on any atom is -0.493 e. The van der Waals surface area contributed by atoms with E-state index in [9.17, 15) is 0 Å². The standard InChI is InChI=1S/C20H27NO2/c1-6-9-23-19-12-17(7-8-18(19)22-5)13-21-20-15(3)10-14(2)11-16(20)4/h7-8,10-12,21H,6,9,13H2,1-5H3. The molecule has 0 amide bonds. The van der Waals surface area contributed by atoms with Crippen LogP contribution in [0.2, 0.25) is 0 Å². The van der Waals surface area contributed by atoms with Crippen molar-refractivity contribution in [1.82, 2.24) is 0 Å². The van der Waals surface area contributed by atoms with Crippen molar-refractivity contribution in [3.63, 3.8) is 0 Å². The van der Waals surface area contributed by atoms with Crippen LogP contribution in [0.4, 0.5) is 5.69 Å². The molecule has 1 N–H and O–H groups in total. The van der Waals surface area contributed by atoms with Gasteiger partial charge in [0.05, 0.1) is 13.7 Å². The Hall–Kier alpha value is -2.16. The second kappa shape index (κ2) is 7.91. The Balaban J connectivity index is 2.14. The molecule has 0 saturated heterocycles. The van der Waals surface area contributed by atoms with Crippen LogP contribution in [0.3, 0.4) is 0 Å². The summed E-state index contributed by atoms with van der Waals surface area (Å²) in [5.74, 6) is 1.59. The normalized spacial score (nSPS) is 10.5. The molecule has 3 nitrogen and oxygen atoms in total. The molecule has 0 saturated carbocycles. The highest BCUT2D eigenvalue weighted by Crippen LogP contribution is 2.29. The molecule has 0 unspecified atom stereocenters. The summed E-state index contributed by atoms with van der Waals surface area (Å²) in [5.41, 5.74) is 6.24. The third-order valence-corrected chi connectivity index (χ3v) is 3.84. The predicted octanol–water partition coefficient (Wildman–Crippen LogP) is 5.02. The summed E-state index contributed by atoms with van der Waals surface area (Å²) < 4.78 is 11.1. The molecule has 0 heterocycles. The minimum absolute atomic E-state index is 0.698. The lowest BCUT2D eigenvalue weighted by Gasteiger charge is -2.15. The second-order valence-corrected chi connectivity index (χ2v) is 5.96. The van der Waals surface area contributed by atoms with Crippen LogP contribution in [0, 0.1) is 20.8 Å². The van der Waals surface area contributed by atoms with Crippen LogP contribution in [-0.4, -0.2) is 13.7 Å². The van der Waals surface area contributed by atoms with Crippen LogP contribution in [0.15, 0.2) is 30.3 Å². The smallest absolute Gasteiger partial charge is 0.161 e. The Bertz CT molecular complexity index is 642. The van der Waals surface area contributed by atoms with E-state index in [0.717, 1.165) is 24.5 Å². The molecule has 0 bridgehead atoms. The SMILES string of the molecule is CCCOc1cc(CNc2c(C)cc(C)cc2C)ccc1OC. The molecule has 2 rings (SSSR count). The van der Waals surface area contributed by atoms with Crippen molar-refractivity contribution in [1.29, 1.82) is 0 Å². The molecule has 0 radical (unpaired) electrons. The number of benzene rings is 2. The molecule has 0 fully saturated rings. The van der Waals surface area contributed by atoms with E-state index < -0.39 is 0 Å². The maximum atomic E-state index is 5.78. The van der Waals surface area contributed by atoms with E-state index in [0.29, 0.717) is 6.61 Å². The quantitative estimate of drug-likeness (QED) is 0.778.